The van der Waals surface area contributed by atoms with Crippen molar-refractivity contribution in [3.05, 3.63) is 47.8 Å². The second-order valence-electron chi connectivity index (χ2n) is 3.37. The lowest BCUT2D eigenvalue weighted by Crippen LogP contribution is -1.93. The third-order valence-electron chi connectivity index (χ3n) is 2.40. The van der Waals surface area contributed by atoms with E-state index in [9.17, 15) is 0 Å². The van der Waals surface area contributed by atoms with E-state index in [-0.39, 0.29) is 0 Å². The van der Waals surface area contributed by atoms with Crippen LogP contribution in [0.1, 0.15) is 18.2 Å². The average molecular weight is 186 g/mol. The summed E-state index contributed by atoms with van der Waals surface area (Å²) in [5.74, 6) is 0. The molecular formula is C12H14N2. The van der Waals surface area contributed by atoms with E-state index in [1.165, 1.54) is 5.56 Å². The van der Waals surface area contributed by atoms with Gasteiger partial charge in [-0.2, -0.15) is 5.10 Å². The zero-order valence-electron chi connectivity index (χ0n) is 8.57. The molecule has 0 saturated carbocycles. The molecule has 0 aliphatic carbocycles. The largest absolute Gasteiger partial charge is 0.240 e. The third-order valence-corrected chi connectivity index (χ3v) is 2.40. The molecule has 14 heavy (non-hydrogen) atoms. The molecule has 0 saturated heterocycles. The van der Waals surface area contributed by atoms with Gasteiger partial charge in [-0.15, -0.1) is 0 Å². The van der Waals surface area contributed by atoms with Crippen LogP contribution < -0.4 is 0 Å². The van der Waals surface area contributed by atoms with Crippen LogP contribution in [0.25, 0.3) is 5.69 Å². The molecule has 1 aromatic heterocycles. The maximum Gasteiger partial charge on any atom is 0.0645 e. The predicted molar refractivity (Wildman–Crippen MR) is 57.7 cm³/mol. The molecule has 0 atom stereocenters. The Morgan fingerprint density at radius 1 is 1.21 bits per heavy atom. The number of benzene rings is 1. The quantitative estimate of drug-likeness (QED) is 0.705. The molecule has 2 heteroatoms. The van der Waals surface area contributed by atoms with E-state index < -0.39 is 0 Å². The highest BCUT2D eigenvalue weighted by Gasteiger charge is 2.03. The van der Waals surface area contributed by atoms with Gasteiger partial charge in [0.15, 0.2) is 0 Å². The molecule has 0 radical (unpaired) electrons. The first-order chi connectivity index (χ1) is 6.81. The van der Waals surface area contributed by atoms with E-state index in [0.717, 1.165) is 17.8 Å². The van der Waals surface area contributed by atoms with Gasteiger partial charge in [0, 0.05) is 6.20 Å². The summed E-state index contributed by atoms with van der Waals surface area (Å²) in [7, 11) is 0. The first-order valence-electron chi connectivity index (χ1n) is 4.92. The van der Waals surface area contributed by atoms with Crippen LogP contribution in [0, 0.1) is 6.92 Å². The monoisotopic (exact) mass is 186 g/mol. The smallest absolute Gasteiger partial charge is 0.0645 e. The van der Waals surface area contributed by atoms with Crippen LogP contribution in [-0.4, -0.2) is 9.78 Å². The van der Waals surface area contributed by atoms with Crippen molar-refractivity contribution in [2.75, 3.05) is 0 Å². The highest BCUT2D eigenvalue weighted by Crippen LogP contribution is 2.11. The number of para-hydroxylation sites is 1. The topological polar surface area (TPSA) is 17.8 Å². The number of aromatic nitrogens is 2. The normalized spacial score (nSPS) is 10.4. The van der Waals surface area contributed by atoms with Gasteiger partial charge >= 0.3 is 0 Å². The van der Waals surface area contributed by atoms with Gasteiger partial charge in [0.2, 0.25) is 0 Å². The summed E-state index contributed by atoms with van der Waals surface area (Å²) in [6.07, 6.45) is 3.14. The van der Waals surface area contributed by atoms with Gasteiger partial charge in [-0.1, -0.05) is 25.1 Å². The lowest BCUT2D eigenvalue weighted by atomic mass is 10.2. The van der Waals surface area contributed by atoms with E-state index in [0.29, 0.717) is 0 Å². The Bertz CT molecular complexity index is 415. The summed E-state index contributed by atoms with van der Waals surface area (Å²) in [5, 5.41) is 4.47. The molecule has 0 aliphatic rings. The molecular weight excluding hydrogens is 172 g/mol. The minimum Gasteiger partial charge on any atom is -0.240 e. The van der Waals surface area contributed by atoms with Gasteiger partial charge in [0.25, 0.3) is 0 Å². The molecule has 72 valence electrons. The second kappa shape index (κ2) is 3.66. The van der Waals surface area contributed by atoms with Gasteiger partial charge in [-0.3, -0.25) is 0 Å². The molecule has 0 amide bonds. The Kier molecular flexibility index (Phi) is 2.35. The summed E-state index contributed by atoms with van der Waals surface area (Å²) >= 11 is 0. The SMILES string of the molecule is CCc1cn(-c2ccccc2)nc1C. The van der Waals surface area contributed by atoms with Crippen LogP contribution in [0.2, 0.25) is 0 Å². The van der Waals surface area contributed by atoms with Crippen molar-refractivity contribution in [1.29, 1.82) is 0 Å². The van der Waals surface area contributed by atoms with Crippen molar-refractivity contribution in [2.45, 2.75) is 20.3 Å². The summed E-state index contributed by atoms with van der Waals surface area (Å²) in [6, 6.07) is 10.2. The molecule has 2 aromatic rings. The lowest BCUT2D eigenvalue weighted by molar-refractivity contribution is 0.863. The second-order valence-corrected chi connectivity index (χ2v) is 3.37. The van der Waals surface area contributed by atoms with Crippen LogP contribution in [0.4, 0.5) is 0 Å². The fourth-order valence-electron chi connectivity index (χ4n) is 1.56. The minimum atomic E-state index is 1.04. The van der Waals surface area contributed by atoms with Gasteiger partial charge in [-0.05, 0) is 31.0 Å². The zero-order valence-corrected chi connectivity index (χ0v) is 8.57. The summed E-state index contributed by atoms with van der Waals surface area (Å²) in [6.45, 7) is 4.21. The van der Waals surface area contributed by atoms with Gasteiger partial charge in [0.05, 0.1) is 11.4 Å². The Hall–Kier alpha value is -1.57. The van der Waals surface area contributed by atoms with Crippen molar-refractivity contribution in [3.8, 4) is 5.69 Å². The van der Waals surface area contributed by atoms with Crippen LogP contribution in [-0.2, 0) is 6.42 Å². The Labute approximate surface area is 84.2 Å². The standard InChI is InChI=1S/C12H14N2/c1-3-11-9-14(13-10(11)2)12-7-5-4-6-8-12/h4-9H,3H2,1-2H3. The molecule has 0 unspecified atom stereocenters. The van der Waals surface area contributed by atoms with E-state index in [1.807, 2.05) is 22.9 Å². The molecule has 1 heterocycles. The molecule has 2 nitrogen and oxygen atoms in total. The number of aryl methyl sites for hydroxylation is 2. The molecule has 0 N–H and O–H groups in total. The van der Waals surface area contributed by atoms with Crippen LogP contribution in [0.5, 0.6) is 0 Å². The highest BCUT2D eigenvalue weighted by molar-refractivity contribution is 5.32. The average Bonchev–Trinajstić information content (AvgIpc) is 2.61. The Morgan fingerprint density at radius 3 is 2.50 bits per heavy atom. The van der Waals surface area contributed by atoms with E-state index >= 15 is 0 Å². The van der Waals surface area contributed by atoms with Crippen molar-refractivity contribution < 1.29 is 0 Å². The molecule has 2 rings (SSSR count). The van der Waals surface area contributed by atoms with E-state index in [2.05, 4.69) is 37.3 Å². The number of hydrogen-bond donors (Lipinski definition) is 0. The fourth-order valence-corrected chi connectivity index (χ4v) is 1.56. The molecule has 0 spiro atoms. The first kappa shape index (κ1) is 9.00. The number of hydrogen-bond acceptors (Lipinski definition) is 1. The van der Waals surface area contributed by atoms with Crippen LogP contribution in [0.15, 0.2) is 36.5 Å². The van der Waals surface area contributed by atoms with Crippen molar-refractivity contribution in [1.82, 2.24) is 9.78 Å². The lowest BCUT2D eigenvalue weighted by Gasteiger charge is -1.98. The summed E-state index contributed by atoms with van der Waals surface area (Å²) in [4.78, 5) is 0. The number of rotatable bonds is 2. The van der Waals surface area contributed by atoms with E-state index in [1.54, 1.807) is 0 Å². The molecule has 0 fully saturated rings. The summed E-state index contributed by atoms with van der Waals surface area (Å²) < 4.78 is 1.94. The van der Waals surface area contributed by atoms with Crippen molar-refractivity contribution >= 4 is 0 Å². The molecule has 0 bridgehead atoms. The van der Waals surface area contributed by atoms with Crippen LogP contribution >= 0.6 is 0 Å². The van der Waals surface area contributed by atoms with Gasteiger partial charge in [-0.25, -0.2) is 4.68 Å². The Balaban J connectivity index is 2.43. The zero-order chi connectivity index (χ0) is 9.97. The fraction of sp³-hybridized carbons (Fsp3) is 0.250. The van der Waals surface area contributed by atoms with E-state index in [4.69, 9.17) is 0 Å². The first-order valence-corrected chi connectivity index (χ1v) is 4.92. The molecule has 0 aliphatic heterocycles. The maximum atomic E-state index is 4.47. The summed E-state index contributed by atoms with van der Waals surface area (Å²) in [5.41, 5.74) is 3.56. The maximum absolute atomic E-state index is 4.47. The van der Waals surface area contributed by atoms with Gasteiger partial charge in [0.1, 0.15) is 0 Å². The Morgan fingerprint density at radius 2 is 1.93 bits per heavy atom. The predicted octanol–water partition coefficient (Wildman–Crippen LogP) is 2.74. The van der Waals surface area contributed by atoms with Crippen LogP contribution in [0.3, 0.4) is 0 Å². The van der Waals surface area contributed by atoms with Crippen molar-refractivity contribution in [2.24, 2.45) is 0 Å². The minimum absolute atomic E-state index is 1.04. The third kappa shape index (κ3) is 1.55. The molecule has 1 aromatic carbocycles. The van der Waals surface area contributed by atoms with Gasteiger partial charge < -0.3 is 0 Å². The highest BCUT2D eigenvalue weighted by atomic mass is 15.3. The van der Waals surface area contributed by atoms with Crippen molar-refractivity contribution in [3.63, 3.8) is 0 Å². The number of nitrogens with zero attached hydrogens (tertiary/aromatic N) is 2.